The Kier molecular flexibility index (Phi) is 5.21. The number of benzene rings is 2. The van der Waals surface area contributed by atoms with Crippen molar-refractivity contribution in [2.45, 2.75) is 13.1 Å². The highest BCUT2D eigenvalue weighted by molar-refractivity contribution is 6.35. The molecule has 0 amide bonds. The van der Waals surface area contributed by atoms with Gasteiger partial charge in [-0.3, -0.25) is 4.79 Å². The topological polar surface area (TPSA) is 85.3 Å². The van der Waals surface area contributed by atoms with E-state index >= 15 is 0 Å². The van der Waals surface area contributed by atoms with Gasteiger partial charge >= 0.3 is 0 Å². The van der Waals surface area contributed by atoms with E-state index in [1.165, 1.54) is 6.21 Å². The summed E-state index contributed by atoms with van der Waals surface area (Å²) >= 11 is 0. The molecular formula is C19H19N5O. The first-order chi connectivity index (χ1) is 12.2. The van der Waals surface area contributed by atoms with Gasteiger partial charge in [0.15, 0.2) is 5.82 Å². The van der Waals surface area contributed by atoms with Gasteiger partial charge in [0.2, 0.25) is 5.78 Å². The molecule has 3 rings (SSSR count). The molecule has 0 atom stereocenters. The van der Waals surface area contributed by atoms with E-state index in [2.05, 4.69) is 15.5 Å². The number of Topliss-reactive ketones (excluding diaryl/α,β-unsaturated/α-hetero) is 1. The van der Waals surface area contributed by atoms with E-state index in [-0.39, 0.29) is 11.6 Å². The molecule has 0 unspecified atom stereocenters. The molecule has 126 valence electrons. The van der Waals surface area contributed by atoms with Gasteiger partial charge in [-0.05, 0) is 11.1 Å². The lowest BCUT2D eigenvalue weighted by molar-refractivity contribution is 0.106. The minimum absolute atomic E-state index is 0.204. The monoisotopic (exact) mass is 333 g/mol. The Hall–Kier alpha value is -3.41. The van der Waals surface area contributed by atoms with E-state index in [4.69, 9.17) is 5.73 Å². The number of hydrazone groups is 1. The first-order valence-electron chi connectivity index (χ1n) is 7.93. The summed E-state index contributed by atoms with van der Waals surface area (Å²) in [5, 5.41) is 3.99. The molecule has 6 heteroatoms. The summed E-state index contributed by atoms with van der Waals surface area (Å²) < 4.78 is 1.73. The average molecular weight is 333 g/mol. The van der Waals surface area contributed by atoms with Crippen LogP contribution in [0.25, 0.3) is 0 Å². The van der Waals surface area contributed by atoms with Gasteiger partial charge in [-0.1, -0.05) is 60.7 Å². The van der Waals surface area contributed by atoms with Crippen molar-refractivity contribution in [2.24, 2.45) is 5.10 Å². The highest BCUT2D eigenvalue weighted by Crippen LogP contribution is 2.12. The lowest BCUT2D eigenvalue weighted by Crippen LogP contribution is -2.14. The van der Waals surface area contributed by atoms with Gasteiger partial charge in [0.25, 0.3) is 0 Å². The Bertz CT molecular complexity index is 856. The third-order valence-electron chi connectivity index (χ3n) is 3.69. The molecule has 1 aromatic heterocycles. The van der Waals surface area contributed by atoms with Crippen molar-refractivity contribution < 1.29 is 4.79 Å². The van der Waals surface area contributed by atoms with Crippen LogP contribution in [0, 0.1) is 0 Å². The third kappa shape index (κ3) is 4.32. The number of hydrogen-bond donors (Lipinski definition) is 2. The molecule has 6 nitrogen and oxygen atoms in total. The van der Waals surface area contributed by atoms with Gasteiger partial charge in [0, 0.05) is 6.54 Å². The van der Waals surface area contributed by atoms with Crippen LogP contribution >= 0.6 is 0 Å². The smallest absolute Gasteiger partial charge is 0.225 e. The fourth-order valence-electron chi connectivity index (χ4n) is 2.46. The number of aromatic nitrogens is 2. The van der Waals surface area contributed by atoms with E-state index in [0.29, 0.717) is 18.8 Å². The summed E-state index contributed by atoms with van der Waals surface area (Å²) in [6.45, 7) is 1.07. The van der Waals surface area contributed by atoms with Crippen LogP contribution in [0.1, 0.15) is 21.6 Å². The quantitative estimate of drug-likeness (QED) is 0.395. The van der Waals surface area contributed by atoms with Crippen molar-refractivity contribution >= 4 is 17.8 Å². The molecule has 3 aromatic rings. The second kappa shape index (κ2) is 7.92. The Balaban J connectivity index is 1.65. The molecule has 0 saturated carbocycles. The number of hydrogen-bond acceptors (Lipinski definition) is 5. The van der Waals surface area contributed by atoms with E-state index in [1.807, 2.05) is 60.7 Å². The van der Waals surface area contributed by atoms with Crippen LogP contribution in [-0.4, -0.2) is 21.5 Å². The summed E-state index contributed by atoms with van der Waals surface area (Å²) in [5.41, 5.74) is 11.2. The number of rotatable bonds is 7. The van der Waals surface area contributed by atoms with Crippen LogP contribution in [-0.2, 0) is 13.1 Å². The van der Waals surface area contributed by atoms with Gasteiger partial charge in [-0.25, -0.2) is 4.98 Å². The van der Waals surface area contributed by atoms with Crippen LogP contribution in [0.3, 0.4) is 0 Å². The Morgan fingerprint density at radius 1 is 1.08 bits per heavy atom. The molecule has 0 fully saturated rings. The highest BCUT2D eigenvalue weighted by Gasteiger charge is 2.15. The number of carbonyl (C=O) groups excluding carboxylic acids is 1. The average Bonchev–Trinajstić information content (AvgIpc) is 3.00. The summed E-state index contributed by atoms with van der Waals surface area (Å²) in [7, 11) is 0. The first-order valence-corrected chi connectivity index (χ1v) is 7.93. The predicted octanol–water partition coefficient (Wildman–Crippen LogP) is 2.47. The van der Waals surface area contributed by atoms with Crippen molar-refractivity contribution in [3.05, 3.63) is 83.8 Å². The lowest BCUT2D eigenvalue weighted by atomic mass is 10.2. The second-order valence-electron chi connectivity index (χ2n) is 5.53. The minimum atomic E-state index is -0.286. The predicted molar refractivity (Wildman–Crippen MR) is 98.3 cm³/mol. The summed E-state index contributed by atoms with van der Waals surface area (Å²) in [6, 6.07) is 19.6. The van der Waals surface area contributed by atoms with Crippen molar-refractivity contribution in [1.29, 1.82) is 0 Å². The molecular weight excluding hydrogens is 314 g/mol. The largest absolute Gasteiger partial charge is 0.382 e. The maximum absolute atomic E-state index is 12.4. The zero-order valence-electron chi connectivity index (χ0n) is 13.7. The molecule has 0 aliphatic carbocycles. The van der Waals surface area contributed by atoms with Crippen molar-refractivity contribution in [2.75, 3.05) is 5.73 Å². The second-order valence-corrected chi connectivity index (χ2v) is 5.53. The Morgan fingerprint density at radius 2 is 1.72 bits per heavy atom. The maximum atomic E-state index is 12.4. The van der Waals surface area contributed by atoms with Crippen LogP contribution in [0.15, 0.2) is 72.1 Å². The molecule has 3 N–H and O–H groups in total. The van der Waals surface area contributed by atoms with Gasteiger partial charge in [-0.2, -0.15) is 5.10 Å². The number of ketones is 1. The first kappa shape index (κ1) is 16.4. The Labute approximate surface area is 146 Å². The van der Waals surface area contributed by atoms with Crippen LogP contribution in [0.2, 0.25) is 0 Å². The van der Waals surface area contributed by atoms with Gasteiger partial charge in [0.05, 0.1) is 19.1 Å². The maximum Gasteiger partial charge on any atom is 0.225 e. The number of carbonyl (C=O) groups is 1. The standard InChI is InChI=1S/C19H19N5O/c20-19-18(24(14-21-19)13-16-9-5-2-6-10-16)17(25)12-23-22-11-15-7-3-1-4-8-15/h1-10,12,14,22H,11,13,20H2/b23-12+. The summed E-state index contributed by atoms with van der Waals surface area (Å²) in [5.74, 6) is -0.0815. The molecule has 0 radical (unpaired) electrons. The molecule has 0 saturated heterocycles. The van der Waals surface area contributed by atoms with Crippen LogP contribution in [0.5, 0.6) is 0 Å². The number of nitrogens with zero attached hydrogens (tertiary/aromatic N) is 3. The van der Waals surface area contributed by atoms with Gasteiger partial charge in [-0.15, -0.1) is 0 Å². The fraction of sp³-hybridized carbons (Fsp3) is 0.105. The number of imidazole rings is 1. The zero-order chi connectivity index (χ0) is 17.5. The van der Waals surface area contributed by atoms with E-state index in [9.17, 15) is 4.79 Å². The van der Waals surface area contributed by atoms with Gasteiger partial charge < -0.3 is 15.7 Å². The molecule has 0 aliphatic heterocycles. The molecule has 1 heterocycles. The SMILES string of the molecule is Nc1ncn(Cc2ccccc2)c1C(=O)/C=N/NCc1ccccc1. The van der Waals surface area contributed by atoms with E-state index in [0.717, 1.165) is 11.1 Å². The van der Waals surface area contributed by atoms with Crippen LogP contribution in [0.4, 0.5) is 5.82 Å². The van der Waals surface area contributed by atoms with Crippen LogP contribution < -0.4 is 11.2 Å². The normalized spacial score (nSPS) is 10.9. The number of nitrogens with two attached hydrogens (primary N) is 1. The van der Waals surface area contributed by atoms with E-state index in [1.54, 1.807) is 10.9 Å². The summed E-state index contributed by atoms with van der Waals surface area (Å²) in [6.07, 6.45) is 2.80. The molecule has 2 aromatic carbocycles. The summed E-state index contributed by atoms with van der Waals surface area (Å²) in [4.78, 5) is 16.5. The number of nitrogen functional groups attached to an aromatic ring is 1. The van der Waals surface area contributed by atoms with Gasteiger partial charge in [0.1, 0.15) is 5.69 Å². The van der Waals surface area contributed by atoms with Crippen molar-refractivity contribution in [3.8, 4) is 0 Å². The Morgan fingerprint density at radius 3 is 2.40 bits per heavy atom. The van der Waals surface area contributed by atoms with Crippen molar-refractivity contribution in [1.82, 2.24) is 15.0 Å². The number of anilines is 1. The number of nitrogens with one attached hydrogen (secondary N) is 1. The lowest BCUT2D eigenvalue weighted by Gasteiger charge is -2.06. The molecule has 0 spiro atoms. The highest BCUT2D eigenvalue weighted by atomic mass is 16.1. The fourth-order valence-corrected chi connectivity index (χ4v) is 2.46. The minimum Gasteiger partial charge on any atom is -0.382 e. The molecule has 25 heavy (non-hydrogen) atoms. The molecule has 0 aliphatic rings. The van der Waals surface area contributed by atoms with Crippen molar-refractivity contribution in [3.63, 3.8) is 0 Å². The zero-order valence-corrected chi connectivity index (χ0v) is 13.7. The molecule has 0 bridgehead atoms. The van der Waals surface area contributed by atoms with E-state index < -0.39 is 0 Å². The third-order valence-corrected chi connectivity index (χ3v) is 3.69.